The molecule has 5 heteroatoms. The largest absolute Gasteiger partial charge is 0.508 e. The van der Waals surface area contributed by atoms with Crippen LogP contribution in [0.2, 0.25) is 0 Å². The highest BCUT2D eigenvalue weighted by Crippen LogP contribution is 2.28. The monoisotopic (exact) mass is 219 g/mol. The average molecular weight is 219 g/mol. The molecule has 1 rings (SSSR count). The smallest absolute Gasteiger partial charge is 0.393 e. The maximum atomic E-state index is 12.4. The fourth-order valence-electron chi connectivity index (χ4n) is 1.30. The second-order valence-electron chi connectivity index (χ2n) is 3.35. The lowest BCUT2D eigenvalue weighted by atomic mass is 9.99. The first-order chi connectivity index (χ1) is 6.93. The molecular formula is C10H12F3NO. The van der Waals surface area contributed by atoms with Gasteiger partial charge < -0.3 is 10.8 Å². The lowest BCUT2D eigenvalue weighted by Gasteiger charge is -2.18. The third kappa shape index (κ3) is 3.43. The van der Waals surface area contributed by atoms with Gasteiger partial charge in [0.1, 0.15) is 5.75 Å². The van der Waals surface area contributed by atoms with Gasteiger partial charge in [-0.3, -0.25) is 0 Å². The van der Waals surface area contributed by atoms with Crippen molar-refractivity contribution in [1.29, 1.82) is 0 Å². The van der Waals surface area contributed by atoms with Crippen molar-refractivity contribution in [2.45, 2.75) is 12.6 Å². The highest BCUT2D eigenvalue weighted by molar-refractivity contribution is 5.27. The number of hydrogen-bond donors (Lipinski definition) is 2. The molecule has 1 unspecified atom stereocenters. The third-order valence-electron chi connectivity index (χ3n) is 2.14. The van der Waals surface area contributed by atoms with Crippen molar-refractivity contribution in [3.63, 3.8) is 0 Å². The Labute approximate surface area is 85.5 Å². The molecule has 0 bridgehead atoms. The molecule has 0 aliphatic rings. The van der Waals surface area contributed by atoms with E-state index in [1.807, 2.05) is 0 Å². The molecule has 0 saturated carbocycles. The van der Waals surface area contributed by atoms with E-state index in [1.165, 1.54) is 24.3 Å². The van der Waals surface area contributed by atoms with E-state index < -0.39 is 18.6 Å². The number of rotatable bonds is 3. The third-order valence-corrected chi connectivity index (χ3v) is 2.14. The number of halogens is 3. The highest BCUT2D eigenvalue weighted by Gasteiger charge is 2.38. The highest BCUT2D eigenvalue weighted by atomic mass is 19.4. The fourth-order valence-corrected chi connectivity index (χ4v) is 1.30. The van der Waals surface area contributed by atoms with Crippen molar-refractivity contribution in [1.82, 2.24) is 0 Å². The van der Waals surface area contributed by atoms with Gasteiger partial charge in [-0.15, -0.1) is 0 Å². The summed E-state index contributed by atoms with van der Waals surface area (Å²) < 4.78 is 37.1. The van der Waals surface area contributed by atoms with Crippen LogP contribution in [0.15, 0.2) is 24.3 Å². The van der Waals surface area contributed by atoms with Gasteiger partial charge in [0, 0.05) is 6.54 Å². The summed E-state index contributed by atoms with van der Waals surface area (Å²) >= 11 is 0. The molecule has 1 atom stereocenters. The first kappa shape index (κ1) is 11.8. The molecule has 0 heterocycles. The predicted octanol–water partition coefficient (Wildman–Crippen LogP) is 2.07. The zero-order valence-corrected chi connectivity index (χ0v) is 7.96. The van der Waals surface area contributed by atoms with Crippen molar-refractivity contribution in [3.8, 4) is 5.75 Å². The van der Waals surface area contributed by atoms with Crippen LogP contribution in [0.25, 0.3) is 0 Å². The van der Waals surface area contributed by atoms with Gasteiger partial charge in [0.25, 0.3) is 0 Å². The van der Waals surface area contributed by atoms with Crippen LogP contribution >= 0.6 is 0 Å². The van der Waals surface area contributed by atoms with Crippen LogP contribution in [0.5, 0.6) is 5.75 Å². The number of nitrogens with two attached hydrogens (primary N) is 1. The Hall–Kier alpha value is -1.23. The van der Waals surface area contributed by atoms with E-state index in [-0.39, 0.29) is 12.2 Å². The van der Waals surface area contributed by atoms with E-state index in [9.17, 15) is 13.2 Å². The summed E-state index contributed by atoms with van der Waals surface area (Å²) in [6.07, 6.45) is -4.49. The van der Waals surface area contributed by atoms with Crippen LogP contribution in [0.3, 0.4) is 0 Å². The Morgan fingerprint density at radius 3 is 2.47 bits per heavy atom. The summed E-state index contributed by atoms with van der Waals surface area (Å²) in [6.45, 7) is -0.445. The van der Waals surface area contributed by atoms with Crippen molar-refractivity contribution in [2.75, 3.05) is 6.54 Å². The van der Waals surface area contributed by atoms with E-state index >= 15 is 0 Å². The maximum Gasteiger partial charge on any atom is 0.393 e. The van der Waals surface area contributed by atoms with Crippen LogP contribution in [0, 0.1) is 5.92 Å². The van der Waals surface area contributed by atoms with E-state index in [4.69, 9.17) is 10.8 Å². The van der Waals surface area contributed by atoms with E-state index in [1.54, 1.807) is 0 Å². The fraction of sp³-hybridized carbons (Fsp3) is 0.400. The lowest BCUT2D eigenvalue weighted by Crippen LogP contribution is -2.31. The van der Waals surface area contributed by atoms with Gasteiger partial charge in [-0.2, -0.15) is 13.2 Å². The number of alkyl halides is 3. The average Bonchev–Trinajstić information content (AvgIpc) is 2.12. The van der Waals surface area contributed by atoms with E-state index in [0.29, 0.717) is 5.56 Å². The molecule has 15 heavy (non-hydrogen) atoms. The SMILES string of the molecule is NCC(Cc1cccc(O)c1)C(F)(F)F. The normalized spacial score (nSPS) is 13.9. The molecule has 0 fully saturated rings. The first-order valence-corrected chi connectivity index (χ1v) is 4.48. The van der Waals surface area contributed by atoms with Gasteiger partial charge >= 0.3 is 6.18 Å². The van der Waals surface area contributed by atoms with Crippen molar-refractivity contribution in [2.24, 2.45) is 11.7 Å². The molecule has 2 nitrogen and oxygen atoms in total. The molecule has 0 radical (unpaired) electrons. The predicted molar refractivity (Wildman–Crippen MR) is 50.4 cm³/mol. The topological polar surface area (TPSA) is 46.2 Å². The molecule has 0 saturated heterocycles. The van der Waals surface area contributed by atoms with Crippen LogP contribution in [0.1, 0.15) is 5.56 Å². The molecule has 84 valence electrons. The summed E-state index contributed by atoms with van der Waals surface area (Å²) in [7, 11) is 0. The minimum atomic E-state index is -4.29. The Kier molecular flexibility index (Phi) is 3.57. The zero-order chi connectivity index (χ0) is 11.5. The van der Waals surface area contributed by atoms with Gasteiger partial charge in [0.15, 0.2) is 0 Å². The lowest BCUT2D eigenvalue weighted by molar-refractivity contribution is -0.171. The van der Waals surface area contributed by atoms with Crippen LogP contribution < -0.4 is 5.73 Å². The maximum absolute atomic E-state index is 12.4. The van der Waals surface area contributed by atoms with Gasteiger partial charge in [-0.05, 0) is 24.1 Å². The molecule has 3 N–H and O–H groups in total. The number of benzene rings is 1. The molecule has 0 amide bonds. The molecule has 1 aromatic carbocycles. The Morgan fingerprint density at radius 1 is 1.33 bits per heavy atom. The summed E-state index contributed by atoms with van der Waals surface area (Å²) in [5.41, 5.74) is 5.50. The van der Waals surface area contributed by atoms with Gasteiger partial charge in [0.2, 0.25) is 0 Å². The Bertz CT molecular complexity index is 325. The summed E-state index contributed by atoms with van der Waals surface area (Å²) in [5, 5.41) is 9.09. The summed E-state index contributed by atoms with van der Waals surface area (Å²) in [4.78, 5) is 0. The standard InChI is InChI=1S/C10H12F3NO/c11-10(12,13)8(6-14)4-7-2-1-3-9(15)5-7/h1-3,5,8,15H,4,6,14H2. The molecule has 0 aromatic heterocycles. The van der Waals surface area contributed by atoms with Gasteiger partial charge in [-0.25, -0.2) is 0 Å². The Balaban J connectivity index is 2.76. The number of phenols is 1. The molecule has 0 aliphatic heterocycles. The van der Waals surface area contributed by atoms with Crippen LogP contribution in [-0.4, -0.2) is 17.8 Å². The quantitative estimate of drug-likeness (QED) is 0.817. The zero-order valence-electron chi connectivity index (χ0n) is 7.96. The van der Waals surface area contributed by atoms with Crippen LogP contribution in [0.4, 0.5) is 13.2 Å². The first-order valence-electron chi connectivity index (χ1n) is 4.48. The van der Waals surface area contributed by atoms with Crippen molar-refractivity contribution < 1.29 is 18.3 Å². The van der Waals surface area contributed by atoms with Crippen molar-refractivity contribution >= 4 is 0 Å². The van der Waals surface area contributed by atoms with E-state index in [0.717, 1.165) is 0 Å². The van der Waals surface area contributed by atoms with E-state index in [2.05, 4.69) is 0 Å². The second-order valence-corrected chi connectivity index (χ2v) is 3.35. The molecule has 1 aromatic rings. The second kappa shape index (κ2) is 4.53. The minimum Gasteiger partial charge on any atom is -0.508 e. The van der Waals surface area contributed by atoms with Crippen LogP contribution in [-0.2, 0) is 6.42 Å². The van der Waals surface area contributed by atoms with Gasteiger partial charge in [-0.1, -0.05) is 12.1 Å². The number of phenolic OH excluding ortho intramolecular Hbond substituents is 1. The molecule has 0 aliphatic carbocycles. The number of hydrogen-bond acceptors (Lipinski definition) is 2. The number of aromatic hydroxyl groups is 1. The summed E-state index contributed by atoms with van der Waals surface area (Å²) in [6, 6.07) is 5.77. The molecular weight excluding hydrogens is 207 g/mol. The van der Waals surface area contributed by atoms with Crippen molar-refractivity contribution in [3.05, 3.63) is 29.8 Å². The van der Waals surface area contributed by atoms with Gasteiger partial charge in [0.05, 0.1) is 5.92 Å². The Morgan fingerprint density at radius 2 is 2.00 bits per heavy atom. The summed E-state index contributed by atoms with van der Waals surface area (Å²) in [5.74, 6) is -1.59. The minimum absolute atomic E-state index is 0.0366. The molecule has 0 spiro atoms.